The van der Waals surface area contributed by atoms with Gasteiger partial charge in [-0.15, -0.1) is 0 Å². The summed E-state index contributed by atoms with van der Waals surface area (Å²) < 4.78 is 5.90. The Morgan fingerprint density at radius 2 is 1.16 bits per heavy atom. The summed E-state index contributed by atoms with van der Waals surface area (Å²) in [5, 5.41) is 29.8. The standard InChI is InChI=1S/C26H20Cl2O4/c27-22-13-18(5-10-24(22)30)12-19-14-23(28)26(31)25(15-19)32-21-8-3-17(4-9-21)11-16-1-6-20(29)7-2-16/h1-10,13-15,29-31H,11-12H2. The Hall–Kier alpha value is -3.34. The van der Waals surface area contributed by atoms with E-state index in [1.165, 1.54) is 6.07 Å². The number of hydrogen-bond acceptors (Lipinski definition) is 4. The smallest absolute Gasteiger partial charge is 0.177 e. The van der Waals surface area contributed by atoms with Crippen molar-refractivity contribution in [3.8, 4) is 28.7 Å². The summed E-state index contributed by atoms with van der Waals surface area (Å²) in [6.45, 7) is 0. The third kappa shape index (κ3) is 5.28. The minimum absolute atomic E-state index is 0.0250. The summed E-state index contributed by atoms with van der Waals surface area (Å²) in [7, 11) is 0. The predicted octanol–water partition coefficient (Wildman–Crippen LogP) is 7.08. The first-order valence-electron chi connectivity index (χ1n) is 9.91. The lowest BCUT2D eigenvalue weighted by Crippen LogP contribution is -1.93. The lowest BCUT2D eigenvalue weighted by molar-refractivity contribution is 0.411. The molecule has 0 aliphatic heterocycles. The van der Waals surface area contributed by atoms with Gasteiger partial charge in [0.25, 0.3) is 0 Å². The first-order chi connectivity index (χ1) is 15.4. The van der Waals surface area contributed by atoms with Crippen molar-refractivity contribution in [1.82, 2.24) is 0 Å². The third-order valence-corrected chi connectivity index (χ3v) is 5.60. The highest BCUT2D eigenvalue weighted by Crippen LogP contribution is 2.38. The molecule has 0 saturated heterocycles. The van der Waals surface area contributed by atoms with Crippen molar-refractivity contribution in [2.45, 2.75) is 12.8 Å². The molecule has 0 aliphatic rings. The SMILES string of the molecule is Oc1ccc(Cc2ccc(Oc3cc(Cc4ccc(O)c(Cl)c4)cc(Cl)c3O)cc2)cc1. The summed E-state index contributed by atoms with van der Waals surface area (Å²) in [4.78, 5) is 0. The number of phenols is 3. The Morgan fingerprint density at radius 1 is 0.594 bits per heavy atom. The molecule has 32 heavy (non-hydrogen) atoms. The average Bonchev–Trinajstić information content (AvgIpc) is 2.77. The number of benzene rings is 4. The largest absolute Gasteiger partial charge is 0.508 e. The fourth-order valence-electron chi connectivity index (χ4n) is 3.35. The molecule has 0 heterocycles. The van der Waals surface area contributed by atoms with Crippen LogP contribution in [0.4, 0.5) is 0 Å². The van der Waals surface area contributed by atoms with Crippen molar-refractivity contribution in [1.29, 1.82) is 0 Å². The van der Waals surface area contributed by atoms with Crippen LogP contribution >= 0.6 is 23.2 Å². The van der Waals surface area contributed by atoms with Crippen molar-refractivity contribution >= 4 is 23.2 Å². The second kappa shape index (κ2) is 9.43. The first kappa shape index (κ1) is 21.9. The van der Waals surface area contributed by atoms with E-state index >= 15 is 0 Å². The number of ether oxygens (including phenoxy) is 1. The van der Waals surface area contributed by atoms with Gasteiger partial charge in [-0.25, -0.2) is 0 Å². The fraction of sp³-hybridized carbons (Fsp3) is 0.0769. The van der Waals surface area contributed by atoms with E-state index in [0.29, 0.717) is 12.2 Å². The van der Waals surface area contributed by atoms with Gasteiger partial charge in [-0.1, -0.05) is 53.5 Å². The van der Waals surface area contributed by atoms with Crippen LogP contribution < -0.4 is 4.74 Å². The Bertz CT molecular complexity index is 1240. The molecule has 4 aromatic rings. The zero-order chi connectivity index (χ0) is 22.7. The molecule has 4 nitrogen and oxygen atoms in total. The van der Waals surface area contributed by atoms with Crippen LogP contribution in [-0.2, 0) is 12.8 Å². The van der Waals surface area contributed by atoms with Gasteiger partial charge in [0.05, 0.1) is 10.0 Å². The summed E-state index contributed by atoms with van der Waals surface area (Å²) >= 11 is 12.2. The van der Waals surface area contributed by atoms with Crippen molar-refractivity contribution in [3.05, 3.63) is 111 Å². The molecule has 0 saturated carbocycles. The maximum absolute atomic E-state index is 10.4. The van der Waals surface area contributed by atoms with Crippen LogP contribution in [0, 0.1) is 0 Å². The molecule has 162 valence electrons. The number of hydrogen-bond donors (Lipinski definition) is 3. The molecule has 0 aromatic heterocycles. The van der Waals surface area contributed by atoms with Gasteiger partial charge in [-0.05, 0) is 83.6 Å². The van der Waals surface area contributed by atoms with Crippen molar-refractivity contribution in [3.63, 3.8) is 0 Å². The number of halogens is 2. The van der Waals surface area contributed by atoms with Gasteiger partial charge in [-0.2, -0.15) is 0 Å². The van der Waals surface area contributed by atoms with Crippen molar-refractivity contribution < 1.29 is 20.1 Å². The lowest BCUT2D eigenvalue weighted by Gasteiger charge is -2.12. The molecule has 0 amide bonds. The summed E-state index contributed by atoms with van der Waals surface area (Å²) in [6.07, 6.45) is 1.23. The van der Waals surface area contributed by atoms with E-state index in [1.807, 2.05) is 36.4 Å². The van der Waals surface area contributed by atoms with Gasteiger partial charge in [0.1, 0.15) is 17.2 Å². The highest BCUT2D eigenvalue weighted by atomic mass is 35.5. The van der Waals surface area contributed by atoms with Crippen LogP contribution in [0.5, 0.6) is 28.7 Å². The molecule has 4 rings (SSSR count). The molecule has 6 heteroatoms. The summed E-state index contributed by atoms with van der Waals surface area (Å²) in [5.74, 6) is 0.954. The molecular formula is C26H20Cl2O4. The van der Waals surface area contributed by atoms with E-state index in [1.54, 1.807) is 36.4 Å². The molecule has 0 fully saturated rings. The van der Waals surface area contributed by atoms with E-state index in [9.17, 15) is 15.3 Å². The van der Waals surface area contributed by atoms with Gasteiger partial charge < -0.3 is 20.1 Å². The maximum atomic E-state index is 10.4. The molecule has 0 aliphatic carbocycles. The number of aromatic hydroxyl groups is 3. The summed E-state index contributed by atoms with van der Waals surface area (Å²) in [5.41, 5.74) is 3.89. The predicted molar refractivity (Wildman–Crippen MR) is 126 cm³/mol. The second-order valence-corrected chi connectivity index (χ2v) is 8.29. The van der Waals surface area contributed by atoms with Crippen molar-refractivity contribution in [2.75, 3.05) is 0 Å². The zero-order valence-electron chi connectivity index (χ0n) is 16.9. The summed E-state index contributed by atoms with van der Waals surface area (Å²) in [6, 6.07) is 23.0. The third-order valence-electron chi connectivity index (χ3n) is 5.00. The molecule has 0 bridgehead atoms. The molecule has 0 radical (unpaired) electrons. The maximum Gasteiger partial charge on any atom is 0.177 e. The Labute approximate surface area is 195 Å². The minimum Gasteiger partial charge on any atom is -0.508 e. The van der Waals surface area contributed by atoms with Gasteiger partial charge in [0.2, 0.25) is 0 Å². The Morgan fingerprint density at radius 3 is 1.81 bits per heavy atom. The number of phenolic OH excluding ortho intramolecular Hbond substituents is 3. The normalized spacial score (nSPS) is 10.8. The fourth-order valence-corrected chi connectivity index (χ4v) is 3.79. The quantitative estimate of drug-likeness (QED) is 0.283. The molecule has 4 aromatic carbocycles. The van der Waals surface area contributed by atoms with Crippen LogP contribution in [0.2, 0.25) is 10.0 Å². The topological polar surface area (TPSA) is 69.9 Å². The van der Waals surface area contributed by atoms with E-state index < -0.39 is 0 Å². The van der Waals surface area contributed by atoms with Gasteiger partial charge >= 0.3 is 0 Å². The van der Waals surface area contributed by atoms with E-state index in [4.69, 9.17) is 27.9 Å². The highest BCUT2D eigenvalue weighted by Gasteiger charge is 2.12. The lowest BCUT2D eigenvalue weighted by atomic mass is 10.0. The van der Waals surface area contributed by atoms with Gasteiger partial charge in [-0.3, -0.25) is 0 Å². The van der Waals surface area contributed by atoms with Crippen LogP contribution in [-0.4, -0.2) is 15.3 Å². The van der Waals surface area contributed by atoms with Crippen LogP contribution in [0.3, 0.4) is 0 Å². The second-order valence-electron chi connectivity index (χ2n) is 7.48. The minimum atomic E-state index is -0.132. The Balaban J connectivity index is 1.50. The van der Waals surface area contributed by atoms with E-state index in [0.717, 1.165) is 28.7 Å². The molecular weight excluding hydrogens is 447 g/mol. The van der Waals surface area contributed by atoms with E-state index in [-0.39, 0.29) is 33.0 Å². The van der Waals surface area contributed by atoms with Crippen LogP contribution in [0.15, 0.2) is 78.9 Å². The first-order valence-corrected chi connectivity index (χ1v) is 10.7. The highest BCUT2D eigenvalue weighted by molar-refractivity contribution is 6.32. The Kier molecular flexibility index (Phi) is 6.45. The van der Waals surface area contributed by atoms with Crippen LogP contribution in [0.25, 0.3) is 0 Å². The average molecular weight is 467 g/mol. The van der Waals surface area contributed by atoms with Gasteiger partial charge in [0.15, 0.2) is 11.5 Å². The van der Waals surface area contributed by atoms with Crippen molar-refractivity contribution in [2.24, 2.45) is 0 Å². The molecule has 0 spiro atoms. The molecule has 3 N–H and O–H groups in total. The van der Waals surface area contributed by atoms with E-state index in [2.05, 4.69) is 0 Å². The molecule has 0 unspecified atom stereocenters. The monoisotopic (exact) mass is 466 g/mol. The van der Waals surface area contributed by atoms with Gasteiger partial charge in [0, 0.05) is 0 Å². The molecule has 0 atom stereocenters. The van der Waals surface area contributed by atoms with Crippen LogP contribution in [0.1, 0.15) is 22.3 Å². The zero-order valence-corrected chi connectivity index (χ0v) is 18.4. The number of rotatable bonds is 6.